The Labute approximate surface area is 114 Å². The lowest BCUT2D eigenvalue weighted by Crippen LogP contribution is -2.12. The molecule has 0 fully saturated rings. The van der Waals surface area contributed by atoms with Gasteiger partial charge in [0.05, 0.1) is 4.90 Å². The second-order valence-corrected chi connectivity index (χ2v) is 6.33. The van der Waals surface area contributed by atoms with E-state index in [-0.39, 0.29) is 10.0 Å². The van der Waals surface area contributed by atoms with E-state index in [1.54, 1.807) is 24.3 Å². The lowest BCUT2D eigenvalue weighted by molar-refractivity contribution is 0.601. The number of sulfonamides is 1. The Bertz CT molecular complexity index is 597. The topological polar surface area (TPSA) is 72.0 Å². The van der Waals surface area contributed by atoms with E-state index in [0.29, 0.717) is 12.3 Å². The number of nitrogens with one attached hydrogen (secondary N) is 1. The van der Waals surface area contributed by atoms with Crippen LogP contribution in [0, 0.1) is 0 Å². The highest BCUT2D eigenvalue weighted by Crippen LogP contribution is 2.17. The maximum Gasteiger partial charge on any atom is 0.263 e. The zero-order chi connectivity index (χ0) is 13.0. The Morgan fingerprint density at radius 3 is 2.56 bits per heavy atom. The van der Waals surface area contributed by atoms with Gasteiger partial charge in [-0.25, -0.2) is 8.42 Å². The molecule has 0 bridgehead atoms. The first-order valence-corrected chi connectivity index (χ1v) is 7.95. The summed E-state index contributed by atoms with van der Waals surface area (Å²) in [6.45, 7) is 0. The minimum absolute atomic E-state index is 0.191. The second kappa shape index (κ2) is 5.64. The molecule has 0 amide bonds. The highest BCUT2D eigenvalue weighted by Gasteiger charge is 2.15. The zero-order valence-electron chi connectivity index (χ0n) is 9.21. The number of halogens is 1. The normalized spacial score (nSPS) is 11.4. The lowest BCUT2D eigenvalue weighted by atomic mass is 10.2. The van der Waals surface area contributed by atoms with E-state index in [0.717, 1.165) is 16.9 Å². The Balaban J connectivity index is 2.19. The van der Waals surface area contributed by atoms with Gasteiger partial charge in [0, 0.05) is 5.88 Å². The summed E-state index contributed by atoms with van der Waals surface area (Å²) in [5, 5.41) is 7.45. The predicted molar refractivity (Wildman–Crippen MR) is 71.6 cm³/mol. The van der Waals surface area contributed by atoms with Crippen LogP contribution in [0.1, 0.15) is 5.56 Å². The fourth-order valence-electron chi connectivity index (χ4n) is 1.34. The Hall–Kier alpha value is -1.18. The molecule has 0 saturated heterocycles. The highest BCUT2D eigenvalue weighted by molar-refractivity contribution is 7.93. The van der Waals surface area contributed by atoms with Crippen LogP contribution >= 0.6 is 22.9 Å². The van der Waals surface area contributed by atoms with Crippen molar-refractivity contribution in [3.05, 3.63) is 35.3 Å². The van der Waals surface area contributed by atoms with Crippen LogP contribution in [0.15, 0.2) is 34.7 Å². The third kappa shape index (κ3) is 3.18. The van der Waals surface area contributed by atoms with E-state index >= 15 is 0 Å². The number of hydrogen-bond acceptors (Lipinski definition) is 5. The summed E-state index contributed by atoms with van der Waals surface area (Å²) in [7, 11) is -3.59. The van der Waals surface area contributed by atoms with Gasteiger partial charge < -0.3 is 0 Å². The minimum Gasteiger partial charge on any atom is -0.253 e. The quantitative estimate of drug-likeness (QED) is 0.859. The molecule has 0 aliphatic heterocycles. The standard InChI is InChI=1S/C10H10ClN3O2S2/c11-6-5-8-1-3-9(4-2-8)18(15,16)14-10-13-12-7-17-10/h1-4,7H,5-6H2,(H,13,14). The number of hydrogen-bond donors (Lipinski definition) is 1. The van der Waals surface area contributed by atoms with Gasteiger partial charge in [0.2, 0.25) is 5.13 Å². The van der Waals surface area contributed by atoms with Gasteiger partial charge in [0.1, 0.15) is 5.51 Å². The summed E-state index contributed by atoms with van der Waals surface area (Å²) >= 11 is 6.74. The van der Waals surface area contributed by atoms with Gasteiger partial charge >= 0.3 is 0 Å². The molecular weight excluding hydrogens is 294 g/mol. The number of aryl methyl sites for hydroxylation is 1. The molecule has 0 unspecified atom stereocenters. The van der Waals surface area contributed by atoms with Gasteiger partial charge in [-0.05, 0) is 24.1 Å². The SMILES string of the molecule is O=S(=O)(Nc1nncs1)c1ccc(CCCl)cc1. The van der Waals surface area contributed by atoms with E-state index in [1.165, 1.54) is 5.51 Å². The molecule has 5 nitrogen and oxygen atoms in total. The third-order valence-corrected chi connectivity index (χ3v) is 4.48. The van der Waals surface area contributed by atoms with Crippen LogP contribution in [0.2, 0.25) is 0 Å². The van der Waals surface area contributed by atoms with Gasteiger partial charge in [-0.15, -0.1) is 21.8 Å². The van der Waals surface area contributed by atoms with Crippen molar-refractivity contribution in [1.29, 1.82) is 0 Å². The molecule has 1 aromatic heterocycles. The molecule has 1 aromatic carbocycles. The van der Waals surface area contributed by atoms with Crippen molar-refractivity contribution in [3.8, 4) is 0 Å². The van der Waals surface area contributed by atoms with Crippen LogP contribution in [0.5, 0.6) is 0 Å². The van der Waals surface area contributed by atoms with Crippen LogP contribution in [0.4, 0.5) is 5.13 Å². The van der Waals surface area contributed by atoms with Gasteiger partial charge in [-0.1, -0.05) is 23.5 Å². The lowest BCUT2D eigenvalue weighted by Gasteiger charge is -2.05. The fourth-order valence-corrected chi connectivity index (χ4v) is 3.25. The van der Waals surface area contributed by atoms with E-state index in [9.17, 15) is 8.42 Å². The molecule has 18 heavy (non-hydrogen) atoms. The average Bonchev–Trinajstić information content (AvgIpc) is 2.82. The molecule has 2 rings (SSSR count). The molecule has 0 aliphatic rings. The van der Waals surface area contributed by atoms with Crippen molar-refractivity contribution in [2.24, 2.45) is 0 Å². The average molecular weight is 304 g/mol. The van der Waals surface area contributed by atoms with Crippen LogP contribution in [0.3, 0.4) is 0 Å². The highest BCUT2D eigenvalue weighted by atomic mass is 35.5. The molecule has 0 atom stereocenters. The number of rotatable bonds is 5. The molecule has 96 valence electrons. The number of alkyl halides is 1. The molecule has 1 heterocycles. The van der Waals surface area contributed by atoms with Crippen molar-refractivity contribution in [1.82, 2.24) is 10.2 Å². The second-order valence-electron chi connectivity index (χ2n) is 3.43. The molecule has 0 spiro atoms. The summed E-state index contributed by atoms with van der Waals surface area (Å²) in [5.41, 5.74) is 2.46. The summed E-state index contributed by atoms with van der Waals surface area (Å²) in [5.74, 6) is 0.509. The van der Waals surface area contributed by atoms with Crippen LogP contribution in [-0.2, 0) is 16.4 Å². The smallest absolute Gasteiger partial charge is 0.253 e. The number of anilines is 1. The number of benzene rings is 1. The van der Waals surface area contributed by atoms with Crippen LogP contribution in [0.25, 0.3) is 0 Å². The summed E-state index contributed by atoms with van der Waals surface area (Å²) in [4.78, 5) is 0.191. The Kier molecular flexibility index (Phi) is 4.15. The van der Waals surface area contributed by atoms with Crippen molar-refractivity contribution in [2.75, 3.05) is 10.6 Å². The molecule has 0 radical (unpaired) electrons. The van der Waals surface area contributed by atoms with Crippen molar-refractivity contribution >= 4 is 38.1 Å². The van der Waals surface area contributed by atoms with Gasteiger partial charge in [0.15, 0.2) is 0 Å². The summed E-state index contributed by atoms with van der Waals surface area (Å²) in [6, 6.07) is 6.59. The van der Waals surface area contributed by atoms with E-state index in [1.807, 2.05) is 0 Å². The first-order valence-electron chi connectivity index (χ1n) is 5.06. The summed E-state index contributed by atoms with van der Waals surface area (Å²) < 4.78 is 26.3. The van der Waals surface area contributed by atoms with Crippen molar-refractivity contribution < 1.29 is 8.42 Å². The van der Waals surface area contributed by atoms with E-state index < -0.39 is 10.0 Å². The van der Waals surface area contributed by atoms with E-state index in [4.69, 9.17) is 11.6 Å². The molecule has 0 aliphatic carbocycles. The molecular formula is C10H10ClN3O2S2. The first-order chi connectivity index (χ1) is 8.62. The number of nitrogens with zero attached hydrogens (tertiary/aromatic N) is 2. The Morgan fingerprint density at radius 1 is 1.28 bits per heavy atom. The van der Waals surface area contributed by atoms with Crippen LogP contribution < -0.4 is 4.72 Å². The fraction of sp³-hybridized carbons (Fsp3) is 0.200. The third-order valence-electron chi connectivity index (χ3n) is 2.20. The van der Waals surface area contributed by atoms with Gasteiger partial charge in [0.25, 0.3) is 10.0 Å². The monoisotopic (exact) mass is 303 g/mol. The van der Waals surface area contributed by atoms with Crippen molar-refractivity contribution in [2.45, 2.75) is 11.3 Å². The van der Waals surface area contributed by atoms with Gasteiger partial charge in [-0.2, -0.15) is 0 Å². The predicted octanol–water partition coefficient (Wildman–Crippen LogP) is 2.12. The van der Waals surface area contributed by atoms with Crippen molar-refractivity contribution in [3.63, 3.8) is 0 Å². The maximum atomic E-state index is 12.0. The molecule has 8 heteroatoms. The van der Waals surface area contributed by atoms with Gasteiger partial charge in [-0.3, -0.25) is 4.72 Å². The Morgan fingerprint density at radius 2 is 2.00 bits per heavy atom. The summed E-state index contributed by atoms with van der Waals surface area (Å²) in [6.07, 6.45) is 0.714. The maximum absolute atomic E-state index is 12.0. The van der Waals surface area contributed by atoms with E-state index in [2.05, 4.69) is 14.9 Å². The minimum atomic E-state index is -3.59. The van der Waals surface area contributed by atoms with Crippen LogP contribution in [-0.4, -0.2) is 24.5 Å². The number of aromatic nitrogens is 2. The molecule has 1 N–H and O–H groups in total. The first kappa shape index (κ1) is 13.3. The molecule has 0 saturated carbocycles. The molecule has 2 aromatic rings. The largest absolute Gasteiger partial charge is 0.263 e. The zero-order valence-corrected chi connectivity index (χ0v) is 11.6.